The van der Waals surface area contributed by atoms with E-state index >= 15 is 0 Å². The number of amides is 2. The summed E-state index contributed by atoms with van der Waals surface area (Å²) in [7, 11) is 0. The maximum Gasteiger partial charge on any atom is 0.416 e. The van der Waals surface area contributed by atoms with Crippen molar-refractivity contribution in [2.75, 3.05) is 11.9 Å². The Bertz CT molecular complexity index is 968. The molecule has 0 saturated heterocycles. The van der Waals surface area contributed by atoms with E-state index in [4.69, 9.17) is 0 Å². The number of aromatic nitrogens is 1. The fraction of sp³-hybridized carbons (Fsp3) is 0.211. The number of nitrogens with one attached hydrogen (secondary N) is 2. The van der Waals surface area contributed by atoms with Crippen LogP contribution < -0.4 is 10.6 Å². The first-order valence-corrected chi connectivity index (χ1v) is 10.3. The third-order valence-electron chi connectivity index (χ3n) is 3.88. The Morgan fingerprint density at radius 1 is 1.07 bits per heavy atom. The third kappa shape index (κ3) is 6.13. The summed E-state index contributed by atoms with van der Waals surface area (Å²) in [4.78, 5) is 28.8. The van der Waals surface area contributed by atoms with Crippen molar-refractivity contribution in [2.24, 2.45) is 0 Å². The lowest BCUT2D eigenvalue weighted by atomic mass is 10.1. The first-order chi connectivity index (χ1) is 13.8. The van der Waals surface area contributed by atoms with Crippen LogP contribution in [-0.2, 0) is 23.8 Å². The molecule has 2 heterocycles. The molecule has 0 bridgehead atoms. The van der Waals surface area contributed by atoms with Crippen LogP contribution in [0.1, 0.15) is 26.5 Å². The number of benzene rings is 1. The molecule has 0 aliphatic rings. The first kappa shape index (κ1) is 21.0. The third-order valence-corrected chi connectivity index (χ3v) is 5.55. The molecule has 29 heavy (non-hydrogen) atoms. The molecule has 1 aromatic carbocycles. The van der Waals surface area contributed by atoms with E-state index < -0.39 is 11.7 Å². The van der Waals surface area contributed by atoms with Gasteiger partial charge in [0.1, 0.15) is 0 Å². The Morgan fingerprint density at radius 3 is 2.48 bits per heavy atom. The minimum atomic E-state index is -4.36. The van der Waals surface area contributed by atoms with Crippen LogP contribution in [0.4, 0.5) is 18.3 Å². The zero-order chi connectivity index (χ0) is 20.9. The van der Waals surface area contributed by atoms with E-state index in [1.165, 1.54) is 34.8 Å². The first-order valence-electron chi connectivity index (χ1n) is 8.53. The molecule has 152 valence electrons. The molecular formula is C19H16F3N3O2S2. The van der Waals surface area contributed by atoms with Crippen LogP contribution in [0.5, 0.6) is 0 Å². The maximum atomic E-state index is 12.5. The summed E-state index contributed by atoms with van der Waals surface area (Å²) >= 11 is 2.55. The summed E-state index contributed by atoms with van der Waals surface area (Å²) in [5.41, 5.74) is 0.532. The zero-order valence-corrected chi connectivity index (χ0v) is 16.6. The Balaban J connectivity index is 1.43. The fourth-order valence-electron chi connectivity index (χ4n) is 2.45. The number of halogens is 3. The summed E-state index contributed by atoms with van der Waals surface area (Å²) in [5, 5.41) is 9.31. The molecular weight excluding hydrogens is 423 g/mol. The highest BCUT2D eigenvalue weighted by atomic mass is 32.1. The van der Waals surface area contributed by atoms with Gasteiger partial charge in [-0.2, -0.15) is 13.2 Å². The highest BCUT2D eigenvalue weighted by molar-refractivity contribution is 7.14. The van der Waals surface area contributed by atoms with Crippen LogP contribution in [0.15, 0.2) is 47.2 Å². The van der Waals surface area contributed by atoms with E-state index in [0.29, 0.717) is 34.2 Å². The molecule has 3 rings (SSSR count). The molecule has 2 aromatic heterocycles. The highest BCUT2D eigenvalue weighted by Crippen LogP contribution is 2.29. The summed E-state index contributed by atoms with van der Waals surface area (Å²) in [6, 6.07) is 8.34. The predicted octanol–water partition coefficient (Wildman–Crippen LogP) is 4.38. The quantitative estimate of drug-likeness (QED) is 0.574. The van der Waals surface area contributed by atoms with Gasteiger partial charge in [0, 0.05) is 11.9 Å². The standard InChI is InChI=1S/C19H16F3N3O2S2/c20-19(21,22)13-5-3-12(4-6-13)7-8-23-16(26)10-14-11-29-18(24-14)25-17(27)15-2-1-9-28-15/h1-6,9,11H,7-8,10H2,(H,23,26)(H,24,25,27). The van der Waals surface area contributed by atoms with Crippen molar-refractivity contribution >= 4 is 39.6 Å². The molecule has 0 unspecified atom stereocenters. The number of thiazole rings is 1. The van der Waals surface area contributed by atoms with E-state index in [2.05, 4.69) is 15.6 Å². The van der Waals surface area contributed by atoms with Gasteiger partial charge in [-0.3, -0.25) is 14.9 Å². The zero-order valence-electron chi connectivity index (χ0n) is 15.0. The molecule has 0 aliphatic carbocycles. The average Bonchev–Trinajstić information content (AvgIpc) is 3.34. The van der Waals surface area contributed by atoms with Gasteiger partial charge in [-0.15, -0.1) is 22.7 Å². The van der Waals surface area contributed by atoms with Crippen molar-refractivity contribution in [3.8, 4) is 0 Å². The number of rotatable bonds is 7. The maximum absolute atomic E-state index is 12.5. The lowest BCUT2D eigenvalue weighted by Crippen LogP contribution is -2.27. The van der Waals surface area contributed by atoms with Gasteiger partial charge in [-0.05, 0) is 35.6 Å². The van der Waals surface area contributed by atoms with Crippen LogP contribution in [-0.4, -0.2) is 23.3 Å². The van der Waals surface area contributed by atoms with Crippen molar-refractivity contribution < 1.29 is 22.8 Å². The van der Waals surface area contributed by atoms with Crippen LogP contribution in [0.2, 0.25) is 0 Å². The molecule has 2 amide bonds. The number of alkyl halides is 3. The average molecular weight is 439 g/mol. The second-order valence-electron chi connectivity index (χ2n) is 6.05. The lowest BCUT2D eigenvalue weighted by molar-refractivity contribution is -0.137. The Kier molecular flexibility index (Phi) is 6.65. The van der Waals surface area contributed by atoms with E-state index in [-0.39, 0.29) is 18.2 Å². The Hall–Kier alpha value is -2.72. The normalized spacial score (nSPS) is 11.3. The molecule has 0 fully saturated rings. The second-order valence-corrected chi connectivity index (χ2v) is 7.85. The van der Waals surface area contributed by atoms with Gasteiger partial charge in [0.05, 0.1) is 22.6 Å². The Labute approximate surface area is 172 Å². The fourth-order valence-corrected chi connectivity index (χ4v) is 3.77. The molecule has 10 heteroatoms. The molecule has 2 N–H and O–H groups in total. The number of hydrogen-bond acceptors (Lipinski definition) is 5. The van der Waals surface area contributed by atoms with Crippen LogP contribution in [0.3, 0.4) is 0 Å². The SMILES string of the molecule is O=C(Cc1csc(NC(=O)c2cccs2)n1)NCCc1ccc(C(F)(F)F)cc1. The largest absolute Gasteiger partial charge is 0.416 e. The van der Waals surface area contributed by atoms with Gasteiger partial charge in [0.2, 0.25) is 5.91 Å². The van der Waals surface area contributed by atoms with Crippen LogP contribution in [0.25, 0.3) is 0 Å². The summed E-state index contributed by atoms with van der Waals surface area (Å²) in [6.07, 6.45) is -3.89. The van der Waals surface area contributed by atoms with Crippen molar-refractivity contribution in [1.29, 1.82) is 0 Å². The van der Waals surface area contributed by atoms with Gasteiger partial charge < -0.3 is 5.32 Å². The van der Waals surface area contributed by atoms with Crippen molar-refractivity contribution in [1.82, 2.24) is 10.3 Å². The van der Waals surface area contributed by atoms with Gasteiger partial charge in [-0.1, -0.05) is 18.2 Å². The van der Waals surface area contributed by atoms with Crippen molar-refractivity contribution in [3.63, 3.8) is 0 Å². The minimum Gasteiger partial charge on any atom is -0.355 e. The lowest BCUT2D eigenvalue weighted by Gasteiger charge is -2.08. The van der Waals surface area contributed by atoms with Gasteiger partial charge in [0.15, 0.2) is 5.13 Å². The second kappa shape index (κ2) is 9.19. The van der Waals surface area contributed by atoms with Gasteiger partial charge in [-0.25, -0.2) is 4.98 Å². The molecule has 0 radical (unpaired) electrons. The Morgan fingerprint density at radius 2 is 1.83 bits per heavy atom. The van der Waals surface area contributed by atoms with Gasteiger partial charge in [0.25, 0.3) is 5.91 Å². The number of carbonyl (C=O) groups excluding carboxylic acids is 2. The van der Waals surface area contributed by atoms with E-state index in [9.17, 15) is 22.8 Å². The predicted molar refractivity (Wildman–Crippen MR) is 106 cm³/mol. The minimum absolute atomic E-state index is 0.0540. The number of thiophene rings is 1. The molecule has 3 aromatic rings. The van der Waals surface area contributed by atoms with Gasteiger partial charge >= 0.3 is 6.18 Å². The molecule has 5 nitrogen and oxygen atoms in total. The number of hydrogen-bond donors (Lipinski definition) is 2. The number of nitrogens with zero attached hydrogens (tertiary/aromatic N) is 1. The molecule has 0 aliphatic heterocycles. The van der Waals surface area contributed by atoms with E-state index in [1.807, 2.05) is 0 Å². The van der Waals surface area contributed by atoms with Crippen molar-refractivity contribution in [2.45, 2.75) is 19.0 Å². The van der Waals surface area contributed by atoms with Crippen LogP contribution >= 0.6 is 22.7 Å². The summed E-state index contributed by atoms with van der Waals surface area (Å²) in [5.74, 6) is -0.500. The van der Waals surface area contributed by atoms with Crippen molar-refractivity contribution in [3.05, 3.63) is 68.9 Å². The van der Waals surface area contributed by atoms with E-state index in [1.54, 1.807) is 22.9 Å². The molecule has 0 atom stereocenters. The molecule has 0 saturated carbocycles. The topological polar surface area (TPSA) is 71.1 Å². The summed E-state index contributed by atoms with van der Waals surface area (Å²) < 4.78 is 37.6. The van der Waals surface area contributed by atoms with E-state index in [0.717, 1.165) is 12.1 Å². The number of carbonyl (C=O) groups is 2. The highest BCUT2D eigenvalue weighted by Gasteiger charge is 2.29. The summed E-state index contributed by atoms with van der Waals surface area (Å²) in [6.45, 7) is 0.302. The smallest absolute Gasteiger partial charge is 0.355 e. The van der Waals surface area contributed by atoms with Crippen LogP contribution in [0, 0.1) is 0 Å². The number of anilines is 1. The monoisotopic (exact) mass is 439 g/mol. The molecule has 0 spiro atoms.